The maximum atomic E-state index is 11.8. The van der Waals surface area contributed by atoms with Gasteiger partial charge >= 0.3 is 5.97 Å². The van der Waals surface area contributed by atoms with Gasteiger partial charge in [0, 0.05) is 27.7 Å². The zero-order chi connectivity index (χ0) is 16.9. The minimum Gasteiger partial charge on any atom is -0.465 e. The van der Waals surface area contributed by atoms with Crippen LogP contribution in [-0.4, -0.2) is 17.1 Å². The molecule has 0 saturated heterocycles. The van der Waals surface area contributed by atoms with E-state index < -0.39 is 0 Å². The van der Waals surface area contributed by atoms with E-state index in [4.69, 9.17) is 4.74 Å². The molecule has 0 amide bonds. The molecule has 0 aliphatic carbocycles. The molecule has 0 fully saturated rings. The number of hydrogen-bond acceptors (Lipinski definition) is 3. The van der Waals surface area contributed by atoms with Crippen LogP contribution in [0.1, 0.15) is 18.1 Å². The number of thioether (sulfide) groups is 1. The molecule has 1 heterocycles. The average Bonchev–Trinajstić information content (AvgIpc) is 2.93. The summed E-state index contributed by atoms with van der Waals surface area (Å²) in [5.41, 5.74) is 3.64. The SMILES string of the molecule is CCOC(=O)Cn1cc(SCc2ccc(C)cc2)c2ccccc21. The molecule has 0 aliphatic rings. The second-order valence-corrected chi connectivity index (χ2v) is 6.73. The summed E-state index contributed by atoms with van der Waals surface area (Å²) in [6.45, 7) is 4.58. The molecule has 3 nitrogen and oxygen atoms in total. The Labute approximate surface area is 146 Å². The molecule has 1 aromatic heterocycles. The largest absolute Gasteiger partial charge is 0.465 e. The molecule has 0 N–H and O–H groups in total. The molecule has 124 valence electrons. The molecule has 0 bridgehead atoms. The fourth-order valence-corrected chi connectivity index (χ4v) is 3.69. The summed E-state index contributed by atoms with van der Waals surface area (Å²) in [7, 11) is 0. The molecule has 4 heteroatoms. The minimum absolute atomic E-state index is 0.201. The predicted octanol–water partition coefficient (Wildman–Crippen LogP) is 4.81. The molecule has 0 aliphatic heterocycles. The Morgan fingerprint density at radius 1 is 1.12 bits per heavy atom. The summed E-state index contributed by atoms with van der Waals surface area (Å²) in [5.74, 6) is 0.710. The summed E-state index contributed by atoms with van der Waals surface area (Å²) in [4.78, 5) is 13.0. The van der Waals surface area contributed by atoms with Gasteiger partial charge in [-0.2, -0.15) is 0 Å². The van der Waals surface area contributed by atoms with Gasteiger partial charge in [0.25, 0.3) is 0 Å². The van der Waals surface area contributed by atoms with Gasteiger partial charge in [-0.15, -0.1) is 11.8 Å². The standard InChI is InChI=1S/C20H21NO2S/c1-3-23-20(22)13-21-12-19(17-6-4-5-7-18(17)21)24-14-16-10-8-15(2)9-11-16/h4-12H,3,13-14H2,1-2H3. The van der Waals surface area contributed by atoms with E-state index >= 15 is 0 Å². The van der Waals surface area contributed by atoms with E-state index in [0.29, 0.717) is 6.61 Å². The van der Waals surface area contributed by atoms with Gasteiger partial charge in [-0.05, 0) is 25.5 Å². The number of carbonyl (C=O) groups excluding carboxylic acids is 1. The van der Waals surface area contributed by atoms with Crippen LogP contribution in [0.15, 0.2) is 59.6 Å². The van der Waals surface area contributed by atoms with Crippen LogP contribution in [0.3, 0.4) is 0 Å². The van der Waals surface area contributed by atoms with Gasteiger partial charge in [0.1, 0.15) is 6.54 Å². The molecule has 24 heavy (non-hydrogen) atoms. The van der Waals surface area contributed by atoms with Gasteiger partial charge in [-0.25, -0.2) is 0 Å². The van der Waals surface area contributed by atoms with Crippen LogP contribution in [0.2, 0.25) is 0 Å². The molecule has 0 unspecified atom stereocenters. The Morgan fingerprint density at radius 2 is 1.88 bits per heavy atom. The monoisotopic (exact) mass is 339 g/mol. The summed E-state index contributed by atoms with van der Waals surface area (Å²) in [6, 6.07) is 16.8. The van der Waals surface area contributed by atoms with Crippen LogP contribution in [0.25, 0.3) is 10.9 Å². The van der Waals surface area contributed by atoms with Crippen molar-refractivity contribution in [1.29, 1.82) is 0 Å². The van der Waals surface area contributed by atoms with E-state index in [1.165, 1.54) is 21.4 Å². The number of aryl methyl sites for hydroxylation is 1. The van der Waals surface area contributed by atoms with Crippen LogP contribution in [0, 0.1) is 6.92 Å². The van der Waals surface area contributed by atoms with Crippen molar-refractivity contribution in [2.24, 2.45) is 0 Å². The fraction of sp³-hybridized carbons (Fsp3) is 0.250. The molecule has 0 saturated carbocycles. The van der Waals surface area contributed by atoms with E-state index in [-0.39, 0.29) is 12.5 Å². The third-order valence-electron chi connectivity index (χ3n) is 3.87. The minimum atomic E-state index is -0.201. The van der Waals surface area contributed by atoms with E-state index in [2.05, 4.69) is 43.5 Å². The van der Waals surface area contributed by atoms with Crippen LogP contribution in [0.4, 0.5) is 0 Å². The number of fused-ring (bicyclic) bond motifs is 1. The first-order chi connectivity index (χ1) is 11.7. The normalized spacial score (nSPS) is 10.9. The molecular weight excluding hydrogens is 318 g/mol. The first kappa shape index (κ1) is 16.7. The number of aromatic nitrogens is 1. The molecule has 3 rings (SSSR count). The molecule has 0 radical (unpaired) electrons. The quantitative estimate of drug-likeness (QED) is 0.477. The summed E-state index contributed by atoms with van der Waals surface area (Å²) >= 11 is 1.80. The van der Waals surface area contributed by atoms with E-state index in [0.717, 1.165) is 11.3 Å². The lowest BCUT2D eigenvalue weighted by Crippen LogP contribution is -2.12. The van der Waals surface area contributed by atoms with Crippen molar-refractivity contribution in [2.45, 2.75) is 31.0 Å². The lowest BCUT2D eigenvalue weighted by atomic mass is 10.2. The smallest absolute Gasteiger partial charge is 0.325 e. The highest BCUT2D eigenvalue weighted by atomic mass is 32.2. The fourth-order valence-electron chi connectivity index (χ4n) is 2.65. The highest BCUT2D eigenvalue weighted by molar-refractivity contribution is 7.98. The first-order valence-electron chi connectivity index (χ1n) is 8.09. The molecule has 0 spiro atoms. The Balaban J connectivity index is 1.82. The van der Waals surface area contributed by atoms with Crippen molar-refractivity contribution in [3.8, 4) is 0 Å². The number of para-hydroxylation sites is 1. The predicted molar refractivity (Wildman–Crippen MR) is 99.3 cm³/mol. The van der Waals surface area contributed by atoms with Crippen molar-refractivity contribution < 1.29 is 9.53 Å². The molecule has 0 atom stereocenters. The number of benzene rings is 2. The average molecular weight is 339 g/mol. The number of ether oxygens (including phenoxy) is 1. The Morgan fingerprint density at radius 3 is 2.62 bits per heavy atom. The van der Waals surface area contributed by atoms with Crippen molar-refractivity contribution in [3.05, 3.63) is 65.9 Å². The van der Waals surface area contributed by atoms with Gasteiger partial charge in [0.2, 0.25) is 0 Å². The second-order valence-electron chi connectivity index (χ2n) is 5.72. The first-order valence-corrected chi connectivity index (χ1v) is 9.07. The number of carbonyl (C=O) groups is 1. The van der Waals surface area contributed by atoms with Gasteiger partial charge in [0.05, 0.1) is 6.61 Å². The number of esters is 1. The zero-order valence-corrected chi connectivity index (χ0v) is 14.8. The van der Waals surface area contributed by atoms with Crippen molar-refractivity contribution in [1.82, 2.24) is 4.57 Å². The summed E-state index contributed by atoms with van der Waals surface area (Å²) in [6.07, 6.45) is 2.06. The van der Waals surface area contributed by atoms with Crippen LogP contribution in [-0.2, 0) is 21.8 Å². The third-order valence-corrected chi connectivity index (χ3v) is 4.99. The molecule has 2 aromatic carbocycles. The van der Waals surface area contributed by atoms with Crippen LogP contribution in [0.5, 0.6) is 0 Å². The second kappa shape index (κ2) is 7.58. The number of nitrogens with zero attached hydrogens (tertiary/aromatic N) is 1. The van der Waals surface area contributed by atoms with Crippen LogP contribution < -0.4 is 0 Å². The third kappa shape index (κ3) is 3.82. The maximum Gasteiger partial charge on any atom is 0.325 e. The summed E-state index contributed by atoms with van der Waals surface area (Å²) < 4.78 is 7.05. The number of rotatable bonds is 6. The van der Waals surface area contributed by atoms with E-state index in [9.17, 15) is 4.79 Å². The highest BCUT2D eigenvalue weighted by Crippen LogP contribution is 2.32. The van der Waals surface area contributed by atoms with E-state index in [1.54, 1.807) is 11.8 Å². The molecule has 3 aromatic rings. The summed E-state index contributed by atoms with van der Waals surface area (Å²) in [5, 5.41) is 1.18. The lowest BCUT2D eigenvalue weighted by molar-refractivity contribution is -0.143. The van der Waals surface area contributed by atoms with Crippen molar-refractivity contribution in [3.63, 3.8) is 0 Å². The zero-order valence-electron chi connectivity index (χ0n) is 14.0. The van der Waals surface area contributed by atoms with E-state index in [1.807, 2.05) is 29.7 Å². The maximum absolute atomic E-state index is 11.8. The van der Waals surface area contributed by atoms with Gasteiger partial charge < -0.3 is 9.30 Å². The molecular formula is C20H21NO2S. The van der Waals surface area contributed by atoms with Crippen molar-refractivity contribution >= 4 is 28.6 Å². The van der Waals surface area contributed by atoms with Gasteiger partial charge in [-0.1, -0.05) is 48.0 Å². The highest BCUT2D eigenvalue weighted by Gasteiger charge is 2.12. The van der Waals surface area contributed by atoms with Crippen LogP contribution >= 0.6 is 11.8 Å². The van der Waals surface area contributed by atoms with Crippen molar-refractivity contribution in [2.75, 3.05) is 6.61 Å². The number of hydrogen-bond donors (Lipinski definition) is 0. The Bertz CT molecular complexity index is 836. The topological polar surface area (TPSA) is 31.2 Å². The van der Waals surface area contributed by atoms with Gasteiger partial charge in [-0.3, -0.25) is 4.79 Å². The lowest BCUT2D eigenvalue weighted by Gasteiger charge is -2.04. The van der Waals surface area contributed by atoms with Gasteiger partial charge in [0.15, 0.2) is 0 Å². The Kier molecular flexibility index (Phi) is 5.26. The Hall–Kier alpha value is -2.20.